The molecular formula is C15H20N4O2. The van der Waals surface area contributed by atoms with Crippen molar-refractivity contribution in [2.75, 3.05) is 13.1 Å². The molecule has 0 amide bonds. The smallest absolute Gasteiger partial charge is 0.151 e. The minimum Gasteiger partial charge on any atom is -0.388 e. The highest BCUT2D eigenvalue weighted by molar-refractivity contribution is 5.56. The number of aryl methyl sites for hydroxylation is 1. The number of aliphatic hydroxyl groups is 1. The van der Waals surface area contributed by atoms with E-state index in [1.54, 1.807) is 10.9 Å². The lowest BCUT2D eigenvalue weighted by Crippen LogP contribution is -2.35. The molecule has 0 aromatic carbocycles. The third-order valence-corrected chi connectivity index (χ3v) is 4.63. The third kappa shape index (κ3) is 2.49. The van der Waals surface area contributed by atoms with Crippen LogP contribution in [0.15, 0.2) is 23.0 Å². The Hall–Kier alpha value is -1.66. The Kier molecular flexibility index (Phi) is 2.90. The lowest BCUT2D eigenvalue weighted by Gasteiger charge is -2.22. The molecule has 2 aromatic heterocycles. The van der Waals surface area contributed by atoms with E-state index >= 15 is 0 Å². The van der Waals surface area contributed by atoms with Crippen LogP contribution in [0.4, 0.5) is 0 Å². The lowest BCUT2D eigenvalue weighted by atomic mass is 9.97. The van der Waals surface area contributed by atoms with Gasteiger partial charge in [-0.3, -0.25) is 9.58 Å². The number of rotatable bonds is 4. The summed E-state index contributed by atoms with van der Waals surface area (Å²) in [5, 5.41) is 18.8. The molecule has 1 N–H and O–H groups in total. The van der Waals surface area contributed by atoms with Crippen molar-refractivity contribution in [2.24, 2.45) is 13.0 Å². The summed E-state index contributed by atoms with van der Waals surface area (Å²) in [5.74, 6) is 1.36. The van der Waals surface area contributed by atoms with Gasteiger partial charge in [-0.15, -0.1) is 0 Å². The summed E-state index contributed by atoms with van der Waals surface area (Å²) in [6.45, 7) is 2.39. The van der Waals surface area contributed by atoms with Gasteiger partial charge in [0.2, 0.25) is 0 Å². The van der Waals surface area contributed by atoms with Gasteiger partial charge in [-0.1, -0.05) is 5.16 Å². The molecule has 112 valence electrons. The van der Waals surface area contributed by atoms with E-state index in [1.165, 1.54) is 12.8 Å². The van der Waals surface area contributed by atoms with Crippen molar-refractivity contribution in [1.82, 2.24) is 19.8 Å². The van der Waals surface area contributed by atoms with Gasteiger partial charge in [0, 0.05) is 38.0 Å². The van der Waals surface area contributed by atoms with Crippen molar-refractivity contribution in [1.29, 1.82) is 0 Å². The Bertz CT molecular complexity index is 646. The molecule has 6 nitrogen and oxygen atoms in total. The summed E-state index contributed by atoms with van der Waals surface area (Å²) in [7, 11) is 1.88. The fourth-order valence-electron chi connectivity index (χ4n) is 3.28. The molecule has 0 radical (unpaired) electrons. The molecule has 2 aliphatic rings. The predicted octanol–water partition coefficient (Wildman–Crippen LogP) is 1.42. The number of nitrogens with zero attached hydrogens (tertiary/aromatic N) is 4. The summed E-state index contributed by atoms with van der Waals surface area (Å²) in [6.07, 6.45) is 6.93. The second-order valence-corrected chi connectivity index (χ2v) is 6.42. The minimum absolute atomic E-state index is 0.466. The Balaban J connectivity index is 1.43. The molecule has 1 saturated carbocycles. The molecule has 21 heavy (non-hydrogen) atoms. The Morgan fingerprint density at radius 2 is 2.33 bits per heavy atom. The topological polar surface area (TPSA) is 67.3 Å². The quantitative estimate of drug-likeness (QED) is 0.921. The van der Waals surface area contributed by atoms with Crippen molar-refractivity contribution >= 4 is 0 Å². The molecule has 0 bridgehead atoms. The van der Waals surface area contributed by atoms with Gasteiger partial charge in [0.05, 0.1) is 18.3 Å². The second-order valence-electron chi connectivity index (χ2n) is 6.42. The van der Waals surface area contributed by atoms with Crippen LogP contribution in [0, 0.1) is 5.92 Å². The highest BCUT2D eigenvalue weighted by atomic mass is 16.5. The maximum atomic E-state index is 10.6. The van der Waals surface area contributed by atoms with Crippen LogP contribution in [0.5, 0.6) is 0 Å². The largest absolute Gasteiger partial charge is 0.388 e. The fourth-order valence-corrected chi connectivity index (χ4v) is 3.28. The highest BCUT2D eigenvalue weighted by Gasteiger charge is 2.47. The summed E-state index contributed by atoms with van der Waals surface area (Å²) in [5.41, 5.74) is 1.31. The molecule has 1 saturated heterocycles. The van der Waals surface area contributed by atoms with Gasteiger partial charge in [-0.2, -0.15) is 5.10 Å². The van der Waals surface area contributed by atoms with Gasteiger partial charge in [0.25, 0.3) is 0 Å². The Labute approximate surface area is 123 Å². The van der Waals surface area contributed by atoms with Crippen molar-refractivity contribution in [2.45, 2.75) is 31.4 Å². The van der Waals surface area contributed by atoms with Crippen molar-refractivity contribution in [3.63, 3.8) is 0 Å². The average molecular weight is 288 g/mol. The number of β-amino-alcohol motifs (C(OH)–C–C–N with tert-alkyl or cyclic N) is 1. The molecule has 1 unspecified atom stereocenters. The molecule has 3 heterocycles. The Morgan fingerprint density at radius 1 is 1.48 bits per heavy atom. The van der Waals surface area contributed by atoms with Gasteiger partial charge in [-0.05, 0) is 25.2 Å². The summed E-state index contributed by atoms with van der Waals surface area (Å²) in [6, 6.07) is 1.96. The summed E-state index contributed by atoms with van der Waals surface area (Å²) in [4.78, 5) is 2.26. The van der Waals surface area contributed by atoms with E-state index in [9.17, 15) is 5.11 Å². The second kappa shape index (κ2) is 4.68. The van der Waals surface area contributed by atoms with Crippen molar-refractivity contribution < 1.29 is 9.63 Å². The Morgan fingerprint density at radius 3 is 3.05 bits per heavy atom. The van der Waals surface area contributed by atoms with Crippen molar-refractivity contribution in [3.8, 4) is 11.3 Å². The third-order valence-electron chi connectivity index (χ3n) is 4.63. The normalized spacial score (nSPS) is 26.6. The van der Waals surface area contributed by atoms with Crippen LogP contribution >= 0.6 is 0 Å². The van der Waals surface area contributed by atoms with Crippen LogP contribution in [0.1, 0.15) is 25.0 Å². The lowest BCUT2D eigenvalue weighted by molar-refractivity contribution is 0.0256. The first kappa shape index (κ1) is 13.0. The zero-order chi connectivity index (χ0) is 14.4. The van der Waals surface area contributed by atoms with E-state index in [4.69, 9.17) is 4.52 Å². The first-order valence-electron chi connectivity index (χ1n) is 7.52. The van der Waals surface area contributed by atoms with Gasteiger partial charge >= 0.3 is 0 Å². The number of hydrogen-bond donors (Lipinski definition) is 1. The molecular weight excluding hydrogens is 268 g/mol. The zero-order valence-corrected chi connectivity index (χ0v) is 12.2. The molecule has 1 atom stereocenters. The SMILES string of the molecule is Cn1cc(-c2cc(CN3CCC(O)(C4CC4)C3)on2)cn1. The summed E-state index contributed by atoms with van der Waals surface area (Å²) >= 11 is 0. The van der Waals surface area contributed by atoms with Gasteiger partial charge in [0.1, 0.15) is 5.69 Å². The molecule has 0 spiro atoms. The standard InChI is InChI=1S/C15H20N4O2/c1-18-8-11(7-16-18)14-6-13(21-17-14)9-19-5-4-15(20,10-19)12-2-3-12/h6-8,12,20H,2-5,9-10H2,1H3. The maximum absolute atomic E-state index is 10.6. The minimum atomic E-state index is -0.466. The zero-order valence-electron chi connectivity index (χ0n) is 12.2. The average Bonchev–Trinajstić information content (AvgIpc) is 2.90. The number of hydrogen-bond acceptors (Lipinski definition) is 5. The van der Waals surface area contributed by atoms with Crippen LogP contribution in [0.3, 0.4) is 0 Å². The van der Waals surface area contributed by atoms with Gasteiger partial charge in [0.15, 0.2) is 5.76 Å². The first-order chi connectivity index (χ1) is 10.1. The molecule has 1 aliphatic carbocycles. The molecule has 2 aromatic rings. The number of likely N-dealkylation sites (tertiary alicyclic amines) is 1. The monoisotopic (exact) mass is 288 g/mol. The predicted molar refractivity (Wildman–Crippen MR) is 76.3 cm³/mol. The van der Waals surface area contributed by atoms with Crippen LogP contribution in [-0.4, -0.2) is 43.6 Å². The molecule has 1 aliphatic heterocycles. The molecule has 6 heteroatoms. The van der Waals surface area contributed by atoms with Gasteiger partial charge < -0.3 is 9.63 Å². The van der Waals surface area contributed by atoms with E-state index in [-0.39, 0.29) is 0 Å². The van der Waals surface area contributed by atoms with Crippen LogP contribution in [0.2, 0.25) is 0 Å². The maximum Gasteiger partial charge on any atom is 0.151 e. The van der Waals surface area contributed by atoms with E-state index in [0.717, 1.165) is 36.5 Å². The molecule has 4 rings (SSSR count). The van der Waals surface area contributed by atoms with E-state index < -0.39 is 5.60 Å². The van der Waals surface area contributed by atoms with E-state index in [1.807, 2.05) is 19.3 Å². The highest BCUT2D eigenvalue weighted by Crippen LogP contribution is 2.44. The fraction of sp³-hybridized carbons (Fsp3) is 0.600. The van der Waals surface area contributed by atoms with Crippen LogP contribution < -0.4 is 0 Å². The van der Waals surface area contributed by atoms with E-state index in [2.05, 4.69) is 15.2 Å². The van der Waals surface area contributed by atoms with Crippen LogP contribution in [0.25, 0.3) is 11.3 Å². The van der Waals surface area contributed by atoms with E-state index in [0.29, 0.717) is 12.5 Å². The molecule has 2 fully saturated rings. The van der Waals surface area contributed by atoms with Gasteiger partial charge in [-0.25, -0.2) is 0 Å². The summed E-state index contributed by atoms with van der Waals surface area (Å²) < 4.78 is 7.17. The first-order valence-corrected chi connectivity index (χ1v) is 7.52. The van der Waals surface area contributed by atoms with Crippen molar-refractivity contribution in [3.05, 3.63) is 24.2 Å². The van der Waals surface area contributed by atoms with Crippen LogP contribution in [-0.2, 0) is 13.6 Å². The number of aromatic nitrogens is 3.